The number of ether oxygens (including phenoxy) is 1. The molecule has 0 radical (unpaired) electrons. The minimum Gasteiger partial charge on any atom is -0.480 e. The minimum atomic E-state index is -1.04. The number of carbonyl (C=O) groups is 2. The van der Waals surface area contributed by atoms with Crippen molar-refractivity contribution in [3.63, 3.8) is 0 Å². The summed E-state index contributed by atoms with van der Waals surface area (Å²) in [6, 6.07) is 15.3. The Labute approximate surface area is 196 Å². The number of hydrogen-bond donors (Lipinski definition) is 2. The molecule has 1 aliphatic carbocycles. The van der Waals surface area contributed by atoms with E-state index in [0.717, 1.165) is 48.2 Å². The minimum absolute atomic E-state index is 0. The molecule has 32 heavy (non-hydrogen) atoms. The van der Waals surface area contributed by atoms with Gasteiger partial charge in [-0.3, -0.25) is 0 Å². The second kappa shape index (κ2) is 12.5. The summed E-state index contributed by atoms with van der Waals surface area (Å²) < 4.78 is 5.48. The molecule has 2 aromatic carbocycles. The van der Waals surface area contributed by atoms with Crippen LogP contribution < -0.4 is 5.32 Å². The lowest BCUT2D eigenvalue weighted by atomic mass is 9.98. The molecule has 0 fully saturated rings. The van der Waals surface area contributed by atoms with Crippen LogP contribution in [0.2, 0.25) is 0 Å². The van der Waals surface area contributed by atoms with Crippen LogP contribution in [0, 0.1) is 0 Å². The van der Waals surface area contributed by atoms with Crippen molar-refractivity contribution in [2.75, 3.05) is 26.7 Å². The zero-order valence-electron chi connectivity index (χ0n) is 18.8. The van der Waals surface area contributed by atoms with E-state index in [0.29, 0.717) is 12.8 Å². The van der Waals surface area contributed by atoms with Crippen molar-refractivity contribution in [3.8, 4) is 11.1 Å². The van der Waals surface area contributed by atoms with E-state index in [2.05, 4.69) is 41.4 Å². The van der Waals surface area contributed by atoms with Gasteiger partial charge in [0.05, 0.1) is 0 Å². The van der Waals surface area contributed by atoms with Gasteiger partial charge in [-0.1, -0.05) is 61.9 Å². The molecule has 6 nitrogen and oxygen atoms in total. The molecule has 2 aromatic rings. The first kappa shape index (κ1) is 25.7. The number of carboxylic acid groups (broad SMARTS) is 1. The second-order valence-corrected chi connectivity index (χ2v) is 8.16. The maximum Gasteiger partial charge on any atom is 0.407 e. The molecule has 0 spiro atoms. The number of fused-ring (bicyclic) bond motifs is 3. The lowest BCUT2D eigenvalue weighted by Gasteiger charge is -2.19. The van der Waals surface area contributed by atoms with E-state index in [1.54, 1.807) is 0 Å². The highest BCUT2D eigenvalue weighted by Gasteiger charge is 2.29. The largest absolute Gasteiger partial charge is 0.480 e. The fourth-order valence-corrected chi connectivity index (χ4v) is 4.14. The molecule has 0 aliphatic heterocycles. The fraction of sp³-hybridized carbons (Fsp3) is 0.440. The van der Waals surface area contributed by atoms with Gasteiger partial charge in [0.1, 0.15) is 12.6 Å². The number of rotatable bonds is 11. The molecule has 2 N–H and O–H groups in total. The van der Waals surface area contributed by atoms with E-state index in [1.807, 2.05) is 31.3 Å². The molecule has 1 unspecified atom stereocenters. The molecule has 3 rings (SSSR count). The number of unbranched alkanes of at least 4 members (excludes halogenated alkanes) is 1. The number of halogens is 1. The fourth-order valence-electron chi connectivity index (χ4n) is 4.14. The van der Waals surface area contributed by atoms with Gasteiger partial charge in [-0.05, 0) is 61.7 Å². The maximum atomic E-state index is 12.4. The molecule has 174 valence electrons. The second-order valence-electron chi connectivity index (χ2n) is 8.16. The first-order chi connectivity index (χ1) is 15.0. The summed E-state index contributed by atoms with van der Waals surface area (Å²) in [5.41, 5.74) is 4.56. The zero-order chi connectivity index (χ0) is 22.2. The van der Waals surface area contributed by atoms with E-state index in [4.69, 9.17) is 4.74 Å². The highest BCUT2D eigenvalue weighted by molar-refractivity contribution is 5.85. The summed E-state index contributed by atoms with van der Waals surface area (Å²) in [6.07, 6.45) is 2.63. The van der Waals surface area contributed by atoms with E-state index in [-0.39, 0.29) is 24.9 Å². The van der Waals surface area contributed by atoms with Gasteiger partial charge in [0.25, 0.3) is 0 Å². The monoisotopic (exact) mass is 460 g/mol. The molecule has 0 saturated carbocycles. The normalized spacial score (nSPS) is 13.1. The van der Waals surface area contributed by atoms with Gasteiger partial charge < -0.3 is 20.1 Å². The Morgan fingerprint density at radius 1 is 1.03 bits per heavy atom. The van der Waals surface area contributed by atoms with Crippen molar-refractivity contribution in [3.05, 3.63) is 59.7 Å². The number of nitrogens with one attached hydrogen (secondary N) is 1. The van der Waals surface area contributed by atoms with Crippen molar-refractivity contribution >= 4 is 24.5 Å². The van der Waals surface area contributed by atoms with Crippen LogP contribution in [0.15, 0.2) is 48.5 Å². The highest BCUT2D eigenvalue weighted by atomic mass is 35.5. The molecule has 0 saturated heterocycles. The number of carboxylic acids is 1. The Hall–Kier alpha value is -2.57. The lowest BCUT2D eigenvalue weighted by molar-refractivity contribution is -0.139. The molecule has 0 bridgehead atoms. The van der Waals surface area contributed by atoms with Crippen molar-refractivity contribution in [2.24, 2.45) is 0 Å². The van der Waals surface area contributed by atoms with E-state index in [1.165, 1.54) is 0 Å². The van der Waals surface area contributed by atoms with Crippen LogP contribution in [0.1, 0.15) is 49.7 Å². The van der Waals surface area contributed by atoms with E-state index < -0.39 is 18.1 Å². The first-order valence-electron chi connectivity index (χ1n) is 11.0. The van der Waals surface area contributed by atoms with Gasteiger partial charge in [-0.25, -0.2) is 9.59 Å². The number of hydrogen-bond acceptors (Lipinski definition) is 4. The van der Waals surface area contributed by atoms with Crippen LogP contribution in [0.25, 0.3) is 11.1 Å². The van der Waals surface area contributed by atoms with Gasteiger partial charge in [-0.15, -0.1) is 12.4 Å². The Bertz CT molecular complexity index is 860. The zero-order valence-corrected chi connectivity index (χ0v) is 19.6. The quantitative estimate of drug-likeness (QED) is 0.498. The van der Waals surface area contributed by atoms with Crippen LogP contribution in [0.4, 0.5) is 4.79 Å². The van der Waals surface area contributed by atoms with Crippen molar-refractivity contribution in [1.29, 1.82) is 0 Å². The topological polar surface area (TPSA) is 78.9 Å². The standard InChI is InChI=1S/C25H32N2O4.ClH/c1-3-4-15-27(2)16-9-14-23(24(28)29)26-25(30)31-17-22-20-12-7-5-10-18(20)19-11-6-8-13-21(19)22;/h5-8,10-13,22-23H,3-4,9,14-17H2,1-2H3,(H,26,30)(H,28,29);1H. The third-order valence-corrected chi connectivity index (χ3v) is 5.86. The summed E-state index contributed by atoms with van der Waals surface area (Å²) in [6.45, 7) is 4.11. The number of alkyl carbamates (subject to hydrolysis) is 1. The Morgan fingerprint density at radius 2 is 1.59 bits per heavy atom. The molecule has 1 aliphatic rings. The average Bonchev–Trinajstić information content (AvgIpc) is 3.09. The third kappa shape index (κ3) is 6.47. The summed E-state index contributed by atoms with van der Waals surface area (Å²) >= 11 is 0. The summed E-state index contributed by atoms with van der Waals surface area (Å²) in [5, 5.41) is 12.0. The van der Waals surface area contributed by atoms with Gasteiger partial charge in [-0.2, -0.15) is 0 Å². The molecule has 0 aromatic heterocycles. The molecule has 0 heterocycles. The van der Waals surface area contributed by atoms with Gasteiger partial charge in [0, 0.05) is 5.92 Å². The van der Waals surface area contributed by atoms with Crippen molar-refractivity contribution in [2.45, 2.75) is 44.6 Å². The number of aliphatic carboxylic acids is 1. The average molecular weight is 461 g/mol. The molecule has 1 atom stereocenters. The number of nitrogens with zero attached hydrogens (tertiary/aromatic N) is 1. The smallest absolute Gasteiger partial charge is 0.407 e. The van der Waals surface area contributed by atoms with Crippen LogP contribution in [0.3, 0.4) is 0 Å². The highest BCUT2D eigenvalue weighted by Crippen LogP contribution is 2.44. The number of carbonyl (C=O) groups excluding carboxylic acids is 1. The molecular formula is C25H33ClN2O4. The van der Waals surface area contributed by atoms with Crippen molar-refractivity contribution in [1.82, 2.24) is 10.2 Å². The summed E-state index contributed by atoms with van der Waals surface area (Å²) in [5.74, 6) is -1.08. The van der Waals surface area contributed by atoms with Crippen molar-refractivity contribution < 1.29 is 19.4 Å². The lowest BCUT2D eigenvalue weighted by Crippen LogP contribution is -2.41. The van der Waals surface area contributed by atoms with Gasteiger partial charge in [0.15, 0.2) is 0 Å². The predicted molar refractivity (Wildman–Crippen MR) is 129 cm³/mol. The number of amides is 1. The van der Waals surface area contributed by atoms with E-state index in [9.17, 15) is 14.7 Å². The number of benzene rings is 2. The first-order valence-corrected chi connectivity index (χ1v) is 11.0. The van der Waals surface area contributed by atoms with Gasteiger partial charge in [0.2, 0.25) is 0 Å². The van der Waals surface area contributed by atoms with Gasteiger partial charge >= 0.3 is 12.1 Å². The SMILES string of the molecule is CCCCN(C)CCCC(NC(=O)OCC1c2ccccc2-c2ccccc21)C(=O)O.Cl. The van der Waals surface area contributed by atoms with Crippen LogP contribution in [-0.2, 0) is 9.53 Å². The third-order valence-electron chi connectivity index (χ3n) is 5.86. The maximum absolute atomic E-state index is 12.4. The Kier molecular flexibility index (Phi) is 10.0. The molecule has 7 heteroatoms. The summed E-state index contributed by atoms with van der Waals surface area (Å²) in [7, 11) is 2.03. The van der Waals surface area contributed by atoms with Crippen LogP contribution >= 0.6 is 12.4 Å². The Morgan fingerprint density at radius 3 is 2.16 bits per heavy atom. The van der Waals surface area contributed by atoms with Crippen LogP contribution in [0.5, 0.6) is 0 Å². The Balaban J connectivity index is 0.00000363. The van der Waals surface area contributed by atoms with E-state index >= 15 is 0 Å². The van der Waals surface area contributed by atoms with Crippen LogP contribution in [-0.4, -0.2) is 54.9 Å². The summed E-state index contributed by atoms with van der Waals surface area (Å²) in [4.78, 5) is 26.1. The molecular weight excluding hydrogens is 428 g/mol. The predicted octanol–water partition coefficient (Wildman–Crippen LogP) is 4.91. The molecule has 1 amide bonds.